The lowest BCUT2D eigenvalue weighted by molar-refractivity contribution is 0.396. The first-order valence-corrected chi connectivity index (χ1v) is 5.17. The molecule has 2 saturated carbocycles. The van der Waals surface area contributed by atoms with Gasteiger partial charge in [0.25, 0.3) is 0 Å². The van der Waals surface area contributed by atoms with Crippen molar-refractivity contribution in [3.05, 3.63) is 11.1 Å². The summed E-state index contributed by atoms with van der Waals surface area (Å²) in [5.74, 6) is 2.14. The first-order chi connectivity index (χ1) is 5.45. The van der Waals surface area contributed by atoms with E-state index in [0.717, 1.165) is 11.8 Å². The molecule has 11 heavy (non-hydrogen) atoms. The molecule has 0 spiro atoms. The Hall–Kier alpha value is -0.260. The fourth-order valence-electron chi connectivity index (χ4n) is 3.10. The zero-order valence-electron chi connectivity index (χ0n) is 7.10. The van der Waals surface area contributed by atoms with Crippen molar-refractivity contribution >= 4 is 0 Å². The van der Waals surface area contributed by atoms with E-state index in [2.05, 4.69) is 0 Å². The second kappa shape index (κ2) is 2.12. The molecule has 0 nitrogen and oxygen atoms in total. The average Bonchev–Trinajstić information content (AvgIpc) is 2.83. The van der Waals surface area contributed by atoms with Crippen molar-refractivity contribution in [1.29, 1.82) is 0 Å². The Labute approximate surface area is 68.7 Å². The van der Waals surface area contributed by atoms with Gasteiger partial charge in [-0.15, -0.1) is 0 Å². The normalized spacial score (nSPS) is 41.5. The Kier molecular flexibility index (Phi) is 1.21. The van der Waals surface area contributed by atoms with Gasteiger partial charge in [0.1, 0.15) is 0 Å². The van der Waals surface area contributed by atoms with E-state index < -0.39 is 0 Å². The number of hydrogen-bond donors (Lipinski definition) is 0. The van der Waals surface area contributed by atoms with Crippen molar-refractivity contribution in [3.8, 4) is 0 Å². The third-order valence-electron chi connectivity index (χ3n) is 3.82. The van der Waals surface area contributed by atoms with Crippen LogP contribution in [0.4, 0.5) is 0 Å². The Morgan fingerprint density at radius 2 is 1.73 bits per heavy atom. The quantitative estimate of drug-likeness (QED) is 0.462. The molecular formula is C11H16. The molecule has 0 saturated heterocycles. The number of fused-ring (bicyclic) bond motifs is 2. The predicted molar refractivity (Wildman–Crippen MR) is 46.3 cm³/mol. The molecule has 0 amide bonds. The molecule has 2 fully saturated rings. The van der Waals surface area contributed by atoms with Crippen LogP contribution in [0.5, 0.6) is 0 Å². The summed E-state index contributed by atoms with van der Waals surface area (Å²) in [4.78, 5) is 0. The zero-order chi connectivity index (χ0) is 7.26. The Bertz CT molecular complexity index is 212. The molecule has 0 aromatic heterocycles. The molecule has 0 N–H and O–H groups in total. The summed E-state index contributed by atoms with van der Waals surface area (Å²) in [6.45, 7) is 0. The number of rotatable bonds is 0. The third kappa shape index (κ3) is 0.881. The molecule has 0 heterocycles. The molecule has 0 aromatic carbocycles. The van der Waals surface area contributed by atoms with Gasteiger partial charge in [-0.1, -0.05) is 17.6 Å². The molecule has 3 aliphatic carbocycles. The smallest absolute Gasteiger partial charge is 0.0163 e. The summed E-state index contributed by atoms with van der Waals surface area (Å²) in [7, 11) is 0. The zero-order valence-corrected chi connectivity index (χ0v) is 7.10. The van der Waals surface area contributed by atoms with E-state index in [4.69, 9.17) is 0 Å². The maximum atomic E-state index is 1.92. The lowest BCUT2D eigenvalue weighted by Crippen LogP contribution is -2.13. The van der Waals surface area contributed by atoms with Crippen molar-refractivity contribution in [3.63, 3.8) is 0 Å². The van der Waals surface area contributed by atoms with Crippen LogP contribution in [0, 0.1) is 11.8 Å². The van der Waals surface area contributed by atoms with Gasteiger partial charge < -0.3 is 0 Å². The maximum absolute atomic E-state index is 1.92. The standard InChI is InChI=1S/C11H16/c1-2-4-10-8(3-1)5-6-9-7-11(9)10/h8-9H,1-7H2. The van der Waals surface area contributed by atoms with E-state index in [1.807, 2.05) is 11.1 Å². The summed E-state index contributed by atoms with van der Waals surface area (Å²) in [6.07, 6.45) is 10.5. The van der Waals surface area contributed by atoms with Crippen molar-refractivity contribution < 1.29 is 0 Å². The molecule has 0 aliphatic heterocycles. The van der Waals surface area contributed by atoms with Gasteiger partial charge in [0.05, 0.1) is 0 Å². The van der Waals surface area contributed by atoms with Gasteiger partial charge in [-0.05, 0) is 50.4 Å². The van der Waals surface area contributed by atoms with E-state index >= 15 is 0 Å². The van der Waals surface area contributed by atoms with Crippen molar-refractivity contribution in [2.45, 2.75) is 44.9 Å². The summed E-state index contributed by atoms with van der Waals surface area (Å²) >= 11 is 0. The van der Waals surface area contributed by atoms with Crippen LogP contribution in [0.1, 0.15) is 44.9 Å². The van der Waals surface area contributed by atoms with Gasteiger partial charge in [0.15, 0.2) is 0 Å². The summed E-state index contributed by atoms with van der Waals surface area (Å²) in [5.41, 5.74) is 3.83. The van der Waals surface area contributed by atoms with Crippen molar-refractivity contribution in [2.75, 3.05) is 0 Å². The summed E-state index contributed by atoms with van der Waals surface area (Å²) in [6, 6.07) is 0. The van der Waals surface area contributed by atoms with E-state index in [0.29, 0.717) is 0 Å². The highest BCUT2D eigenvalue weighted by atomic mass is 14.4. The monoisotopic (exact) mass is 148 g/mol. The van der Waals surface area contributed by atoms with Crippen LogP contribution in [0.15, 0.2) is 11.1 Å². The van der Waals surface area contributed by atoms with Gasteiger partial charge in [0, 0.05) is 0 Å². The predicted octanol–water partition coefficient (Wildman–Crippen LogP) is 3.29. The van der Waals surface area contributed by atoms with Gasteiger partial charge in [-0.25, -0.2) is 0 Å². The molecule has 2 unspecified atom stereocenters. The minimum absolute atomic E-state index is 1.05. The molecule has 3 rings (SSSR count). The molecule has 0 bridgehead atoms. The largest absolute Gasteiger partial charge is 0.0676 e. The van der Waals surface area contributed by atoms with Crippen molar-refractivity contribution in [1.82, 2.24) is 0 Å². The summed E-state index contributed by atoms with van der Waals surface area (Å²) < 4.78 is 0. The van der Waals surface area contributed by atoms with Crippen molar-refractivity contribution in [2.24, 2.45) is 11.8 Å². The van der Waals surface area contributed by atoms with E-state index in [9.17, 15) is 0 Å². The van der Waals surface area contributed by atoms with Gasteiger partial charge >= 0.3 is 0 Å². The second-order valence-corrected chi connectivity index (χ2v) is 4.47. The van der Waals surface area contributed by atoms with Gasteiger partial charge in [-0.2, -0.15) is 0 Å². The van der Waals surface area contributed by atoms with Gasteiger partial charge in [0.2, 0.25) is 0 Å². The van der Waals surface area contributed by atoms with Crippen LogP contribution in [0.2, 0.25) is 0 Å². The lowest BCUT2D eigenvalue weighted by Gasteiger charge is -2.28. The summed E-state index contributed by atoms with van der Waals surface area (Å²) in [5, 5.41) is 0. The number of allylic oxidation sites excluding steroid dienone is 2. The topological polar surface area (TPSA) is 0 Å². The average molecular weight is 148 g/mol. The fraction of sp³-hybridized carbons (Fsp3) is 0.818. The highest BCUT2D eigenvalue weighted by Crippen LogP contribution is 2.54. The lowest BCUT2D eigenvalue weighted by atomic mass is 9.78. The minimum Gasteiger partial charge on any atom is -0.0676 e. The first kappa shape index (κ1) is 6.28. The first-order valence-electron chi connectivity index (χ1n) is 5.17. The molecule has 0 aromatic rings. The van der Waals surface area contributed by atoms with Gasteiger partial charge in [-0.3, -0.25) is 0 Å². The van der Waals surface area contributed by atoms with Crippen LogP contribution in [0.3, 0.4) is 0 Å². The van der Waals surface area contributed by atoms with Crippen LogP contribution in [0.25, 0.3) is 0 Å². The molecule has 0 heteroatoms. The van der Waals surface area contributed by atoms with Crippen LogP contribution in [-0.4, -0.2) is 0 Å². The second-order valence-electron chi connectivity index (χ2n) is 4.47. The highest BCUT2D eigenvalue weighted by Gasteiger charge is 2.39. The van der Waals surface area contributed by atoms with E-state index in [1.54, 1.807) is 0 Å². The van der Waals surface area contributed by atoms with Crippen LogP contribution in [-0.2, 0) is 0 Å². The van der Waals surface area contributed by atoms with Crippen LogP contribution >= 0.6 is 0 Å². The highest BCUT2D eigenvalue weighted by molar-refractivity contribution is 5.34. The molecular weight excluding hydrogens is 132 g/mol. The van der Waals surface area contributed by atoms with E-state index in [-0.39, 0.29) is 0 Å². The maximum Gasteiger partial charge on any atom is -0.0163 e. The molecule has 3 aliphatic rings. The van der Waals surface area contributed by atoms with E-state index in [1.165, 1.54) is 44.9 Å². The van der Waals surface area contributed by atoms with Crippen LogP contribution < -0.4 is 0 Å². The fourth-order valence-corrected chi connectivity index (χ4v) is 3.10. The Balaban J connectivity index is 1.93. The molecule has 2 atom stereocenters. The minimum atomic E-state index is 1.05. The Morgan fingerprint density at radius 3 is 2.73 bits per heavy atom. The number of hydrogen-bond acceptors (Lipinski definition) is 0. The SMILES string of the molecule is C1CCC2CCC3CC3=C2C1. The third-order valence-corrected chi connectivity index (χ3v) is 3.82. The Morgan fingerprint density at radius 1 is 0.818 bits per heavy atom. The molecule has 60 valence electrons. The molecule has 0 radical (unpaired) electrons.